The second-order valence-corrected chi connectivity index (χ2v) is 18.1. The van der Waals surface area contributed by atoms with Crippen LogP contribution in [0.15, 0.2) is 108 Å². The van der Waals surface area contributed by atoms with Gasteiger partial charge in [-0.1, -0.05) is 86.6 Å². The Morgan fingerprint density at radius 3 is 2.29 bits per heavy atom. The molecule has 3 aliphatic rings. The van der Waals surface area contributed by atoms with Gasteiger partial charge >= 0.3 is 12.2 Å². The Bertz CT molecular complexity index is 2720. The third-order valence-corrected chi connectivity index (χ3v) is 11.9. The van der Waals surface area contributed by atoms with Gasteiger partial charge in [-0.15, -0.1) is 0 Å². The number of nitrogens with one attached hydrogen (secondary N) is 3. The van der Waals surface area contributed by atoms with Gasteiger partial charge in [0.05, 0.1) is 39.8 Å². The lowest BCUT2D eigenvalue weighted by Crippen LogP contribution is -2.62. The molecule has 1 fully saturated rings. The third kappa shape index (κ3) is 8.65. The van der Waals surface area contributed by atoms with E-state index in [-0.39, 0.29) is 56.1 Å². The fraction of sp³-hybridized carbons (Fsp3) is 0.367. The molecule has 338 valence electrons. The van der Waals surface area contributed by atoms with Crippen molar-refractivity contribution in [2.24, 2.45) is 5.92 Å². The van der Waals surface area contributed by atoms with Crippen molar-refractivity contribution in [2.45, 2.75) is 102 Å². The van der Waals surface area contributed by atoms with E-state index in [9.17, 15) is 29.1 Å². The van der Waals surface area contributed by atoms with Gasteiger partial charge in [0.2, 0.25) is 11.8 Å². The minimum Gasteiger partial charge on any atom is -0.445 e. The van der Waals surface area contributed by atoms with E-state index in [2.05, 4.69) is 16.0 Å². The standard InChI is InChI=1S/C49H53N7O9/c1-29(2)26-40-45(60)55-39-24-14-10-18-31(39)34(27-37-41-51-35-21-12-9-19-32(35)43(58)54(41)38-23-13-11-20-33(38)42(57)52-37)49(55,63)56(40)44(59)36(53-47(62)65-48(3,4)5)22-15-25-50-46(61)64-28-30-16-7-6-8-17-30/h6-14,16-21,23-24,29,34,36-37,40,63H,15,22,25-28H2,1-5H3,(H,50,61)(H,52,57)(H,53,62)/t34-,36?,37?,40?,49?/m1/s1. The number of hydrogen-bond acceptors (Lipinski definition) is 10. The lowest BCUT2D eigenvalue weighted by atomic mass is 9.87. The van der Waals surface area contributed by atoms with Crippen LogP contribution in [-0.2, 0) is 25.7 Å². The summed E-state index contributed by atoms with van der Waals surface area (Å²) >= 11 is 0. The smallest absolute Gasteiger partial charge is 0.408 e. The molecule has 5 amide bonds. The number of benzene rings is 4. The van der Waals surface area contributed by atoms with Crippen LogP contribution in [0.5, 0.6) is 0 Å². The highest BCUT2D eigenvalue weighted by molar-refractivity contribution is 6.07. The van der Waals surface area contributed by atoms with Crippen LogP contribution in [0, 0.1) is 5.92 Å². The number of carbonyl (C=O) groups excluding carboxylic acids is 5. The summed E-state index contributed by atoms with van der Waals surface area (Å²) < 4.78 is 12.4. The maximum atomic E-state index is 15.4. The lowest BCUT2D eigenvalue weighted by Gasteiger charge is -2.42. The molecular weight excluding hydrogens is 831 g/mol. The van der Waals surface area contributed by atoms with Crippen molar-refractivity contribution in [1.29, 1.82) is 0 Å². The highest BCUT2D eigenvalue weighted by atomic mass is 16.6. The number of fused-ring (bicyclic) bond motifs is 7. The molecule has 5 aromatic rings. The minimum absolute atomic E-state index is 0.0337. The van der Waals surface area contributed by atoms with Crippen LogP contribution in [-0.4, -0.2) is 79.5 Å². The normalized spacial score (nSPS) is 20.3. The second kappa shape index (κ2) is 17.8. The van der Waals surface area contributed by atoms with Crippen LogP contribution < -0.4 is 26.4 Å². The number of amides is 5. The van der Waals surface area contributed by atoms with Gasteiger partial charge in [-0.25, -0.2) is 14.6 Å². The predicted molar refractivity (Wildman–Crippen MR) is 241 cm³/mol. The van der Waals surface area contributed by atoms with Gasteiger partial charge in [0.25, 0.3) is 17.4 Å². The Morgan fingerprint density at radius 2 is 1.55 bits per heavy atom. The van der Waals surface area contributed by atoms with Gasteiger partial charge in [0.1, 0.15) is 30.1 Å². The van der Waals surface area contributed by atoms with E-state index in [4.69, 9.17) is 14.5 Å². The van der Waals surface area contributed by atoms with E-state index in [1.807, 2.05) is 44.2 Å². The quantitative estimate of drug-likeness (QED) is 0.105. The van der Waals surface area contributed by atoms with Crippen LogP contribution in [0.1, 0.15) is 99.6 Å². The number of aromatic nitrogens is 2. The van der Waals surface area contributed by atoms with Crippen molar-refractivity contribution in [3.8, 4) is 5.69 Å². The molecule has 0 spiro atoms. The van der Waals surface area contributed by atoms with Gasteiger partial charge in [-0.3, -0.25) is 33.5 Å². The number of alkyl carbamates (subject to hydrolysis) is 2. The SMILES string of the molecule is CC(C)CC1C(=O)N2c3ccccc3[C@@H](CC3NC(=O)c4ccccc4-n4c3nc3ccccc3c4=O)C2(O)N1C(=O)C(CCCNC(=O)OCc1ccccc1)NC(=O)OC(C)(C)C. The summed E-state index contributed by atoms with van der Waals surface area (Å²) in [5.74, 6) is -5.17. The van der Waals surface area contributed by atoms with Gasteiger partial charge in [-0.2, -0.15) is 0 Å². The highest BCUT2D eigenvalue weighted by Crippen LogP contribution is 2.56. The van der Waals surface area contributed by atoms with E-state index < -0.39 is 71.0 Å². The summed E-state index contributed by atoms with van der Waals surface area (Å²) in [6, 6.07) is 26.2. The molecule has 5 atom stereocenters. The van der Waals surface area contributed by atoms with Crippen molar-refractivity contribution in [3.05, 3.63) is 136 Å². The summed E-state index contributed by atoms with van der Waals surface area (Å²) in [7, 11) is 0. The van der Waals surface area contributed by atoms with Crippen molar-refractivity contribution in [3.63, 3.8) is 0 Å². The molecule has 4 unspecified atom stereocenters. The Balaban J connectivity index is 1.17. The molecular formula is C49H53N7O9. The Hall–Kier alpha value is -7.07. The first kappa shape index (κ1) is 44.5. The first-order valence-corrected chi connectivity index (χ1v) is 21.9. The van der Waals surface area contributed by atoms with Crippen molar-refractivity contribution < 1.29 is 38.6 Å². The molecule has 16 heteroatoms. The largest absolute Gasteiger partial charge is 0.445 e. The molecule has 1 saturated heterocycles. The van der Waals surface area contributed by atoms with Crippen molar-refractivity contribution >= 4 is 46.5 Å². The van der Waals surface area contributed by atoms with Gasteiger partial charge < -0.3 is 30.5 Å². The third-order valence-electron chi connectivity index (χ3n) is 11.9. The number of nitrogens with zero attached hydrogens (tertiary/aromatic N) is 4. The Morgan fingerprint density at radius 1 is 0.877 bits per heavy atom. The number of ether oxygens (including phenoxy) is 2. The number of aliphatic hydroxyl groups is 1. The fourth-order valence-electron chi connectivity index (χ4n) is 9.15. The van der Waals surface area contributed by atoms with Gasteiger partial charge in [-0.05, 0) is 93.8 Å². The Kier molecular flexibility index (Phi) is 12.2. The maximum Gasteiger partial charge on any atom is 0.408 e. The zero-order valence-corrected chi connectivity index (χ0v) is 36.9. The molecule has 0 bridgehead atoms. The van der Waals surface area contributed by atoms with E-state index >= 15 is 4.79 Å². The molecule has 4 N–H and O–H groups in total. The molecule has 0 saturated carbocycles. The molecule has 8 rings (SSSR count). The molecule has 16 nitrogen and oxygen atoms in total. The zero-order valence-electron chi connectivity index (χ0n) is 36.9. The monoisotopic (exact) mass is 883 g/mol. The van der Waals surface area contributed by atoms with Crippen LogP contribution in [0.25, 0.3) is 16.6 Å². The number of carbonyl (C=O) groups is 5. The zero-order chi connectivity index (χ0) is 46.2. The van der Waals surface area contributed by atoms with E-state index in [1.54, 1.807) is 93.6 Å². The molecule has 0 aliphatic carbocycles. The average molecular weight is 884 g/mol. The average Bonchev–Trinajstić information content (AvgIpc) is 3.59. The van der Waals surface area contributed by atoms with Crippen LogP contribution in [0.2, 0.25) is 0 Å². The number of anilines is 1. The molecule has 65 heavy (non-hydrogen) atoms. The molecule has 4 aromatic carbocycles. The second-order valence-electron chi connectivity index (χ2n) is 18.1. The molecule has 3 aliphatic heterocycles. The minimum atomic E-state index is -2.38. The number of para-hydroxylation sites is 3. The first-order chi connectivity index (χ1) is 31.1. The van der Waals surface area contributed by atoms with Gasteiger partial charge in [0.15, 0.2) is 0 Å². The van der Waals surface area contributed by atoms with E-state index in [0.717, 1.165) is 5.56 Å². The van der Waals surface area contributed by atoms with Gasteiger partial charge in [0, 0.05) is 6.54 Å². The number of rotatable bonds is 12. The molecule has 0 radical (unpaired) electrons. The summed E-state index contributed by atoms with van der Waals surface area (Å²) in [5.41, 5.74) is 1.33. The van der Waals surface area contributed by atoms with E-state index in [0.29, 0.717) is 27.8 Å². The predicted octanol–water partition coefficient (Wildman–Crippen LogP) is 6.19. The van der Waals surface area contributed by atoms with Crippen molar-refractivity contribution in [1.82, 2.24) is 30.4 Å². The van der Waals surface area contributed by atoms with Crippen LogP contribution >= 0.6 is 0 Å². The van der Waals surface area contributed by atoms with Crippen molar-refractivity contribution in [2.75, 3.05) is 11.4 Å². The highest BCUT2D eigenvalue weighted by Gasteiger charge is 2.67. The maximum absolute atomic E-state index is 15.4. The first-order valence-electron chi connectivity index (χ1n) is 21.9. The summed E-state index contributed by atoms with van der Waals surface area (Å²) in [6.45, 7) is 8.97. The summed E-state index contributed by atoms with van der Waals surface area (Å²) in [4.78, 5) is 92.4. The van der Waals surface area contributed by atoms with Crippen LogP contribution in [0.4, 0.5) is 15.3 Å². The molecule has 4 heterocycles. The molecule has 1 aromatic heterocycles. The number of hydrogen-bond donors (Lipinski definition) is 4. The Labute approximate surface area is 375 Å². The van der Waals surface area contributed by atoms with E-state index in [1.165, 1.54) is 14.4 Å². The fourth-order valence-corrected chi connectivity index (χ4v) is 9.15. The topological polar surface area (TPSA) is 201 Å². The summed E-state index contributed by atoms with van der Waals surface area (Å²) in [5, 5.41) is 22.4. The summed E-state index contributed by atoms with van der Waals surface area (Å²) in [6.07, 6.45) is -1.39. The van der Waals surface area contributed by atoms with Crippen LogP contribution in [0.3, 0.4) is 0 Å². The lowest BCUT2D eigenvalue weighted by molar-refractivity contribution is -0.164.